The lowest BCUT2D eigenvalue weighted by Crippen LogP contribution is -2.36. The molecule has 1 fully saturated rings. The zero-order valence-electron chi connectivity index (χ0n) is 9.84. The second kappa shape index (κ2) is 4.36. The highest BCUT2D eigenvalue weighted by Gasteiger charge is 2.27. The van der Waals surface area contributed by atoms with Crippen LogP contribution in [0.4, 0.5) is 0 Å². The molecule has 0 aliphatic carbocycles. The van der Waals surface area contributed by atoms with Gasteiger partial charge in [0.05, 0.1) is 0 Å². The van der Waals surface area contributed by atoms with Crippen LogP contribution in [0.15, 0.2) is 24.3 Å². The molecule has 15 heavy (non-hydrogen) atoms. The van der Waals surface area contributed by atoms with Crippen LogP contribution in [0, 0.1) is 12.3 Å². The fraction of sp³-hybridized carbons (Fsp3) is 0.571. The number of rotatable bonds is 2. The molecule has 82 valence electrons. The predicted molar refractivity (Wildman–Crippen MR) is 65.1 cm³/mol. The topological polar surface area (TPSA) is 12.0 Å². The van der Waals surface area contributed by atoms with E-state index in [1.807, 2.05) is 0 Å². The minimum Gasteiger partial charge on any atom is -0.317 e. The van der Waals surface area contributed by atoms with Crippen molar-refractivity contribution < 1.29 is 0 Å². The first-order valence-corrected chi connectivity index (χ1v) is 5.95. The average molecular weight is 203 g/mol. The molecule has 2 rings (SSSR count). The Hall–Kier alpha value is -0.820. The van der Waals surface area contributed by atoms with Gasteiger partial charge in [0.25, 0.3) is 0 Å². The van der Waals surface area contributed by atoms with Crippen molar-refractivity contribution in [3.63, 3.8) is 0 Å². The fourth-order valence-electron chi connectivity index (χ4n) is 2.48. The third-order valence-electron chi connectivity index (χ3n) is 3.69. The quantitative estimate of drug-likeness (QED) is 0.779. The molecule has 0 aromatic heterocycles. The Balaban J connectivity index is 2.10. The van der Waals surface area contributed by atoms with E-state index in [0.717, 1.165) is 0 Å². The van der Waals surface area contributed by atoms with E-state index < -0.39 is 0 Å². The maximum absolute atomic E-state index is 3.44. The molecule has 1 aliphatic heterocycles. The molecule has 1 heteroatoms. The van der Waals surface area contributed by atoms with E-state index in [2.05, 4.69) is 43.4 Å². The molecule has 1 aromatic rings. The zero-order chi connectivity index (χ0) is 10.7. The Morgan fingerprint density at radius 2 is 1.87 bits per heavy atom. The largest absolute Gasteiger partial charge is 0.317 e. The second-order valence-electron chi connectivity index (χ2n) is 5.16. The summed E-state index contributed by atoms with van der Waals surface area (Å²) in [6, 6.07) is 8.79. The van der Waals surface area contributed by atoms with Gasteiger partial charge >= 0.3 is 0 Å². The number of benzene rings is 1. The molecular formula is C14H21N. The number of aryl methyl sites for hydroxylation is 1. The molecule has 1 aromatic carbocycles. The molecule has 0 atom stereocenters. The molecule has 0 saturated carbocycles. The van der Waals surface area contributed by atoms with Gasteiger partial charge in [-0.05, 0) is 55.8 Å². The van der Waals surface area contributed by atoms with Gasteiger partial charge in [0, 0.05) is 0 Å². The predicted octanol–water partition coefficient (Wildman–Crippen LogP) is 2.93. The second-order valence-corrected chi connectivity index (χ2v) is 5.16. The van der Waals surface area contributed by atoms with Gasteiger partial charge in [0.15, 0.2) is 0 Å². The van der Waals surface area contributed by atoms with E-state index in [0.29, 0.717) is 5.41 Å². The van der Waals surface area contributed by atoms with Gasteiger partial charge in [-0.1, -0.05) is 31.2 Å². The van der Waals surface area contributed by atoms with Crippen molar-refractivity contribution >= 4 is 0 Å². The van der Waals surface area contributed by atoms with Gasteiger partial charge in [-0.15, -0.1) is 0 Å². The first-order valence-electron chi connectivity index (χ1n) is 5.95. The highest BCUT2D eigenvalue weighted by Crippen LogP contribution is 2.32. The normalized spacial score (nSPS) is 20.1. The summed E-state index contributed by atoms with van der Waals surface area (Å²) in [5.41, 5.74) is 3.48. The average Bonchev–Trinajstić information content (AvgIpc) is 2.22. The molecule has 1 N–H and O–H groups in total. The van der Waals surface area contributed by atoms with E-state index in [4.69, 9.17) is 0 Å². The molecule has 1 aliphatic rings. The minimum atomic E-state index is 0.511. The van der Waals surface area contributed by atoms with Crippen LogP contribution in [-0.4, -0.2) is 13.1 Å². The van der Waals surface area contributed by atoms with Gasteiger partial charge < -0.3 is 5.32 Å². The van der Waals surface area contributed by atoms with E-state index >= 15 is 0 Å². The van der Waals surface area contributed by atoms with Gasteiger partial charge in [-0.25, -0.2) is 0 Å². The highest BCUT2D eigenvalue weighted by molar-refractivity contribution is 5.26. The molecule has 0 unspecified atom stereocenters. The summed E-state index contributed by atoms with van der Waals surface area (Å²) in [5, 5.41) is 3.44. The highest BCUT2D eigenvalue weighted by atomic mass is 14.9. The third-order valence-corrected chi connectivity index (χ3v) is 3.69. The Bertz CT molecular complexity index is 324. The molecule has 1 nitrogen and oxygen atoms in total. The number of hydrogen-bond acceptors (Lipinski definition) is 1. The molecule has 0 spiro atoms. The molecule has 0 amide bonds. The lowest BCUT2D eigenvalue weighted by Gasteiger charge is -2.34. The van der Waals surface area contributed by atoms with Crippen LogP contribution in [0.25, 0.3) is 0 Å². The van der Waals surface area contributed by atoms with Crippen LogP contribution in [0.3, 0.4) is 0 Å². The van der Waals surface area contributed by atoms with Gasteiger partial charge in [-0.3, -0.25) is 0 Å². The van der Waals surface area contributed by atoms with Crippen molar-refractivity contribution in [2.75, 3.05) is 13.1 Å². The first kappa shape index (κ1) is 10.7. The summed E-state index contributed by atoms with van der Waals surface area (Å²) in [4.78, 5) is 0. The van der Waals surface area contributed by atoms with Crippen molar-refractivity contribution in [1.82, 2.24) is 5.32 Å². The van der Waals surface area contributed by atoms with E-state index in [1.54, 1.807) is 0 Å². The van der Waals surface area contributed by atoms with Gasteiger partial charge in [-0.2, -0.15) is 0 Å². The lowest BCUT2D eigenvalue weighted by atomic mass is 9.75. The van der Waals surface area contributed by atoms with Crippen LogP contribution < -0.4 is 5.32 Å². The lowest BCUT2D eigenvalue weighted by molar-refractivity contribution is 0.228. The Morgan fingerprint density at radius 1 is 1.20 bits per heavy atom. The fourth-order valence-corrected chi connectivity index (χ4v) is 2.48. The molecule has 0 bridgehead atoms. The van der Waals surface area contributed by atoms with Gasteiger partial charge in [0.2, 0.25) is 0 Å². The van der Waals surface area contributed by atoms with Gasteiger partial charge in [0.1, 0.15) is 0 Å². The Kier molecular flexibility index (Phi) is 3.11. The van der Waals surface area contributed by atoms with Crippen molar-refractivity contribution in [2.45, 2.75) is 33.1 Å². The molecular weight excluding hydrogens is 182 g/mol. The van der Waals surface area contributed by atoms with Crippen LogP contribution >= 0.6 is 0 Å². The monoisotopic (exact) mass is 203 g/mol. The third kappa shape index (κ3) is 2.60. The van der Waals surface area contributed by atoms with Crippen LogP contribution in [-0.2, 0) is 6.42 Å². The maximum atomic E-state index is 3.44. The maximum Gasteiger partial charge on any atom is -0.00436 e. The van der Waals surface area contributed by atoms with E-state index in [1.165, 1.54) is 43.5 Å². The van der Waals surface area contributed by atoms with E-state index in [-0.39, 0.29) is 0 Å². The Labute approximate surface area is 92.9 Å². The molecule has 0 radical (unpaired) electrons. The summed E-state index contributed by atoms with van der Waals surface area (Å²) in [5.74, 6) is 0. The van der Waals surface area contributed by atoms with Crippen molar-refractivity contribution in [3.8, 4) is 0 Å². The number of nitrogens with one attached hydrogen (secondary N) is 1. The van der Waals surface area contributed by atoms with Crippen molar-refractivity contribution in [1.29, 1.82) is 0 Å². The summed E-state index contributed by atoms with van der Waals surface area (Å²) in [6.07, 6.45) is 3.85. The number of piperidine rings is 1. The SMILES string of the molecule is Cc1ccccc1CC1(C)CCNCC1. The summed E-state index contributed by atoms with van der Waals surface area (Å²) < 4.78 is 0. The number of hydrogen-bond donors (Lipinski definition) is 1. The van der Waals surface area contributed by atoms with Crippen LogP contribution in [0.5, 0.6) is 0 Å². The summed E-state index contributed by atoms with van der Waals surface area (Å²) in [6.45, 7) is 7.02. The molecule has 1 saturated heterocycles. The van der Waals surface area contributed by atoms with Crippen molar-refractivity contribution in [2.24, 2.45) is 5.41 Å². The summed E-state index contributed by atoms with van der Waals surface area (Å²) in [7, 11) is 0. The summed E-state index contributed by atoms with van der Waals surface area (Å²) >= 11 is 0. The standard InChI is InChI=1S/C14H21N/c1-12-5-3-4-6-13(12)11-14(2)7-9-15-10-8-14/h3-6,15H,7-11H2,1-2H3. The first-order chi connectivity index (χ1) is 7.20. The van der Waals surface area contributed by atoms with Crippen molar-refractivity contribution in [3.05, 3.63) is 35.4 Å². The minimum absolute atomic E-state index is 0.511. The van der Waals surface area contributed by atoms with Crippen LogP contribution in [0.1, 0.15) is 30.9 Å². The Morgan fingerprint density at radius 3 is 2.53 bits per heavy atom. The van der Waals surface area contributed by atoms with Crippen LogP contribution in [0.2, 0.25) is 0 Å². The zero-order valence-corrected chi connectivity index (χ0v) is 9.84. The molecule has 1 heterocycles. The smallest absolute Gasteiger partial charge is 0.00436 e. The van der Waals surface area contributed by atoms with E-state index in [9.17, 15) is 0 Å².